The lowest BCUT2D eigenvalue weighted by Gasteiger charge is -1.99. The van der Waals surface area contributed by atoms with Gasteiger partial charge in [-0.25, -0.2) is 0 Å². The summed E-state index contributed by atoms with van der Waals surface area (Å²) >= 11 is 3.22. The molecule has 4 heteroatoms. The highest BCUT2D eigenvalue weighted by Gasteiger charge is 2.00. The summed E-state index contributed by atoms with van der Waals surface area (Å²) in [7, 11) is 0. The summed E-state index contributed by atoms with van der Waals surface area (Å²) in [6.45, 7) is 0. The molecule has 12 heavy (non-hydrogen) atoms. The molecular formula is C8H6BrN3. The van der Waals surface area contributed by atoms with Crippen molar-refractivity contribution in [3.63, 3.8) is 0 Å². The highest BCUT2D eigenvalue weighted by molar-refractivity contribution is 9.10. The van der Waals surface area contributed by atoms with Crippen LogP contribution >= 0.6 is 15.9 Å². The molecule has 1 aromatic carbocycles. The molecule has 0 aliphatic carbocycles. The molecule has 0 aromatic heterocycles. The van der Waals surface area contributed by atoms with Gasteiger partial charge in [0.25, 0.3) is 0 Å². The maximum atomic E-state index is 8.59. The highest BCUT2D eigenvalue weighted by Crippen LogP contribution is 2.14. The van der Waals surface area contributed by atoms with Gasteiger partial charge in [-0.1, -0.05) is 15.9 Å². The summed E-state index contributed by atoms with van der Waals surface area (Å²) in [5.41, 5.74) is 6.31. The molecule has 0 radical (unpaired) electrons. The van der Waals surface area contributed by atoms with Gasteiger partial charge < -0.3 is 5.73 Å². The first-order valence-electron chi connectivity index (χ1n) is 3.18. The average Bonchev–Trinajstić information content (AvgIpc) is 2.03. The second-order valence-corrected chi connectivity index (χ2v) is 3.17. The van der Waals surface area contributed by atoms with E-state index in [1.165, 1.54) is 0 Å². The Morgan fingerprint density at radius 1 is 1.50 bits per heavy atom. The number of nitrogens with zero attached hydrogens (tertiary/aromatic N) is 1. The molecule has 1 rings (SSSR count). The summed E-state index contributed by atoms with van der Waals surface area (Å²) < 4.78 is 0.756. The number of hydrogen-bond acceptors (Lipinski definition) is 2. The van der Waals surface area contributed by atoms with E-state index in [4.69, 9.17) is 16.4 Å². The zero-order chi connectivity index (χ0) is 9.14. The number of nitrogen functional groups attached to an aromatic ring is 1. The standard InChI is InChI=1S/C8H6BrN3/c9-7-2-5(4-10)1-6(3-7)8(11)12/h1-3H,(H3,11,12). The van der Waals surface area contributed by atoms with Crippen LogP contribution in [0.2, 0.25) is 0 Å². The molecule has 0 bridgehead atoms. The predicted molar refractivity (Wildman–Crippen MR) is 49.9 cm³/mol. The number of rotatable bonds is 1. The number of nitrogens with one attached hydrogen (secondary N) is 1. The second-order valence-electron chi connectivity index (χ2n) is 2.25. The zero-order valence-electron chi connectivity index (χ0n) is 6.13. The summed E-state index contributed by atoms with van der Waals surface area (Å²) in [5, 5.41) is 15.7. The molecule has 1 aromatic rings. The fourth-order valence-corrected chi connectivity index (χ4v) is 1.30. The number of halogens is 1. The molecule has 0 spiro atoms. The Morgan fingerprint density at radius 2 is 2.17 bits per heavy atom. The zero-order valence-corrected chi connectivity index (χ0v) is 7.72. The van der Waals surface area contributed by atoms with E-state index in [0.29, 0.717) is 11.1 Å². The molecule has 3 nitrogen and oxygen atoms in total. The molecular weight excluding hydrogens is 218 g/mol. The van der Waals surface area contributed by atoms with Gasteiger partial charge in [-0.2, -0.15) is 5.26 Å². The van der Waals surface area contributed by atoms with E-state index in [2.05, 4.69) is 15.9 Å². The quantitative estimate of drug-likeness (QED) is 0.561. The Morgan fingerprint density at radius 3 is 2.67 bits per heavy atom. The molecule has 60 valence electrons. The minimum absolute atomic E-state index is 0.0344. The van der Waals surface area contributed by atoms with Crippen LogP contribution in [0.4, 0.5) is 0 Å². The lowest BCUT2D eigenvalue weighted by Crippen LogP contribution is -2.11. The van der Waals surface area contributed by atoms with Gasteiger partial charge in [-0.3, -0.25) is 5.41 Å². The van der Waals surface area contributed by atoms with Crippen molar-refractivity contribution in [3.8, 4) is 6.07 Å². The lowest BCUT2D eigenvalue weighted by molar-refractivity contribution is 1.40. The van der Waals surface area contributed by atoms with Crippen LogP contribution < -0.4 is 5.73 Å². The number of amidine groups is 1. The first kappa shape index (κ1) is 8.75. The Labute approximate surface area is 78.4 Å². The number of nitriles is 1. The first-order valence-corrected chi connectivity index (χ1v) is 3.98. The Balaban J connectivity index is 3.26. The van der Waals surface area contributed by atoms with Crippen molar-refractivity contribution in [1.29, 1.82) is 10.7 Å². The normalized spacial score (nSPS) is 9.00. The molecule has 0 saturated heterocycles. The molecule has 0 heterocycles. The van der Waals surface area contributed by atoms with E-state index in [-0.39, 0.29) is 5.84 Å². The van der Waals surface area contributed by atoms with E-state index in [1.54, 1.807) is 18.2 Å². The van der Waals surface area contributed by atoms with Crippen LogP contribution in [0.3, 0.4) is 0 Å². The van der Waals surface area contributed by atoms with Gasteiger partial charge in [0.2, 0.25) is 0 Å². The first-order chi connectivity index (χ1) is 5.63. The summed E-state index contributed by atoms with van der Waals surface area (Å²) in [5.74, 6) is -0.0344. The van der Waals surface area contributed by atoms with Crippen LogP contribution in [0.5, 0.6) is 0 Å². The Bertz CT molecular complexity index is 365. The second kappa shape index (κ2) is 3.37. The summed E-state index contributed by atoms with van der Waals surface area (Å²) in [6, 6.07) is 6.93. The van der Waals surface area contributed by atoms with Crippen LogP contribution in [-0.2, 0) is 0 Å². The summed E-state index contributed by atoms with van der Waals surface area (Å²) in [6.07, 6.45) is 0. The molecule has 0 aliphatic rings. The van der Waals surface area contributed by atoms with Crippen molar-refractivity contribution in [1.82, 2.24) is 0 Å². The van der Waals surface area contributed by atoms with Crippen LogP contribution in [0.25, 0.3) is 0 Å². The Kier molecular flexibility index (Phi) is 2.46. The van der Waals surface area contributed by atoms with Gasteiger partial charge in [0.1, 0.15) is 5.84 Å². The van der Waals surface area contributed by atoms with Gasteiger partial charge in [-0.15, -0.1) is 0 Å². The minimum atomic E-state index is -0.0344. The SMILES string of the molecule is N#Cc1cc(Br)cc(C(=N)N)c1. The third-order valence-corrected chi connectivity index (χ3v) is 1.80. The summed E-state index contributed by atoms with van der Waals surface area (Å²) in [4.78, 5) is 0. The highest BCUT2D eigenvalue weighted by atomic mass is 79.9. The van der Waals surface area contributed by atoms with Crippen molar-refractivity contribution in [3.05, 3.63) is 33.8 Å². The largest absolute Gasteiger partial charge is 0.384 e. The number of nitrogens with two attached hydrogens (primary N) is 1. The molecule has 3 N–H and O–H groups in total. The van der Waals surface area contributed by atoms with Gasteiger partial charge in [0.15, 0.2) is 0 Å². The molecule has 0 amide bonds. The monoisotopic (exact) mass is 223 g/mol. The van der Waals surface area contributed by atoms with E-state index in [1.807, 2.05) is 6.07 Å². The van der Waals surface area contributed by atoms with Crippen LogP contribution in [0.1, 0.15) is 11.1 Å². The minimum Gasteiger partial charge on any atom is -0.384 e. The van der Waals surface area contributed by atoms with Gasteiger partial charge >= 0.3 is 0 Å². The third kappa shape index (κ3) is 1.83. The van der Waals surface area contributed by atoms with Crippen LogP contribution in [0.15, 0.2) is 22.7 Å². The van der Waals surface area contributed by atoms with Crippen molar-refractivity contribution in [2.75, 3.05) is 0 Å². The maximum Gasteiger partial charge on any atom is 0.122 e. The lowest BCUT2D eigenvalue weighted by atomic mass is 10.1. The van der Waals surface area contributed by atoms with Gasteiger partial charge in [-0.05, 0) is 18.2 Å². The van der Waals surface area contributed by atoms with Crippen molar-refractivity contribution >= 4 is 21.8 Å². The third-order valence-electron chi connectivity index (χ3n) is 1.34. The van der Waals surface area contributed by atoms with Gasteiger partial charge in [0, 0.05) is 10.0 Å². The van der Waals surface area contributed by atoms with Crippen molar-refractivity contribution < 1.29 is 0 Å². The number of hydrogen-bond donors (Lipinski definition) is 2. The molecule has 0 unspecified atom stereocenters. The smallest absolute Gasteiger partial charge is 0.122 e. The topological polar surface area (TPSA) is 73.7 Å². The van der Waals surface area contributed by atoms with Crippen molar-refractivity contribution in [2.24, 2.45) is 5.73 Å². The predicted octanol–water partition coefficient (Wildman–Crippen LogP) is 1.60. The van der Waals surface area contributed by atoms with E-state index in [0.717, 1.165) is 4.47 Å². The molecule has 0 saturated carbocycles. The average molecular weight is 224 g/mol. The maximum absolute atomic E-state index is 8.59. The van der Waals surface area contributed by atoms with Crippen molar-refractivity contribution in [2.45, 2.75) is 0 Å². The fraction of sp³-hybridized carbons (Fsp3) is 0. The van der Waals surface area contributed by atoms with E-state index < -0.39 is 0 Å². The molecule has 0 aliphatic heterocycles. The van der Waals surface area contributed by atoms with Crippen LogP contribution in [-0.4, -0.2) is 5.84 Å². The number of benzene rings is 1. The molecule has 0 fully saturated rings. The van der Waals surface area contributed by atoms with Crippen LogP contribution in [0, 0.1) is 16.7 Å². The van der Waals surface area contributed by atoms with Gasteiger partial charge in [0.05, 0.1) is 11.6 Å². The van der Waals surface area contributed by atoms with E-state index >= 15 is 0 Å². The Hall–Kier alpha value is -1.34. The molecule has 0 atom stereocenters. The van der Waals surface area contributed by atoms with E-state index in [9.17, 15) is 0 Å². The fourth-order valence-electron chi connectivity index (χ4n) is 0.810.